The van der Waals surface area contributed by atoms with E-state index in [1.807, 2.05) is 18.2 Å². The van der Waals surface area contributed by atoms with Gasteiger partial charge in [0.05, 0.1) is 0 Å². The van der Waals surface area contributed by atoms with E-state index in [2.05, 4.69) is 0 Å². The summed E-state index contributed by atoms with van der Waals surface area (Å²) in [6.07, 6.45) is -5.43. The van der Waals surface area contributed by atoms with E-state index in [0.717, 1.165) is 20.8 Å². The molecule has 2 aromatic rings. The largest absolute Gasteiger partial charge is 0.489 e. The van der Waals surface area contributed by atoms with E-state index in [-0.39, 0.29) is 6.61 Å². The Labute approximate surface area is 236 Å². The summed E-state index contributed by atoms with van der Waals surface area (Å²) in [5, 5.41) is 0.372. The van der Waals surface area contributed by atoms with Crippen LogP contribution in [0.15, 0.2) is 48.5 Å². The molecule has 40 heavy (non-hydrogen) atoms. The predicted molar refractivity (Wildman–Crippen MR) is 139 cm³/mol. The molecule has 2 aromatic carbocycles. The summed E-state index contributed by atoms with van der Waals surface area (Å²) in [4.78, 5) is 48.2. The molecule has 1 saturated heterocycles. The van der Waals surface area contributed by atoms with Crippen molar-refractivity contribution in [3.8, 4) is 5.75 Å². The third kappa shape index (κ3) is 7.50. The first kappa shape index (κ1) is 30.9. The fraction of sp³-hybridized carbons (Fsp3) is 0.429. The van der Waals surface area contributed by atoms with E-state index in [9.17, 15) is 19.2 Å². The molecule has 12 heteroatoms. The van der Waals surface area contributed by atoms with Crippen molar-refractivity contribution < 1.29 is 52.3 Å². The van der Waals surface area contributed by atoms with Gasteiger partial charge in [-0.3, -0.25) is 19.2 Å². The van der Waals surface area contributed by atoms with Crippen LogP contribution >= 0.6 is 11.6 Å². The lowest BCUT2D eigenvalue weighted by molar-refractivity contribution is -0.367. The standard InChI is InChI=1S/C28H31ClO11/c1-16(30)35-15-24-25(37-17(2)31)26(38-18(3)32)27(39-19(4)33)28(34-5,40-24)21-11-12-23(29)20(13-21)14-36-22-9-7-6-8-10-22/h6-13,24-27H,14-15H2,1-5H3/t24?,25?,26?,27?,28-/m0/s1. The van der Waals surface area contributed by atoms with E-state index < -0.39 is 60.7 Å². The minimum Gasteiger partial charge on any atom is -0.489 e. The summed E-state index contributed by atoms with van der Waals surface area (Å²) < 4.78 is 39.8. The van der Waals surface area contributed by atoms with Crippen molar-refractivity contribution in [1.82, 2.24) is 0 Å². The number of rotatable bonds is 10. The van der Waals surface area contributed by atoms with Crippen LogP contribution in [0, 0.1) is 0 Å². The molecule has 0 bridgehead atoms. The molecule has 0 spiro atoms. The second-order valence-electron chi connectivity index (χ2n) is 8.92. The van der Waals surface area contributed by atoms with Crippen molar-refractivity contribution in [1.29, 1.82) is 0 Å². The molecule has 3 rings (SSSR count). The molecule has 1 aliphatic rings. The Hall–Kier alpha value is -3.67. The molecule has 1 fully saturated rings. The van der Waals surface area contributed by atoms with Crippen LogP contribution in [0.5, 0.6) is 5.75 Å². The third-order valence-corrected chi connectivity index (χ3v) is 6.30. The molecule has 0 amide bonds. The van der Waals surface area contributed by atoms with Gasteiger partial charge in [-0.1, -0.05) is 35.9 Å². The number of esters is 4. The zero-order valence-corrected chi connectivity index (χ0v) is 23.5. The van der Waals surface area contributed by atoms with Crippen LogP contribution in [-0.2, 0) is 60.0 Å². The van der Waals surface area contributed by atoms with Crippen LogP contribution < -0.4 is 4.74 Å². The predicted octanol–water partition coefficient (Wildman–Crippen LogP) is 3.48. The number of ether oxygens (including phenoxy) is 7. The number of methoxy groups -OCH3 is 1. The maximum absolute atomic E-state index is 12.3. The molecule has 5 atom stereocenters. The number of carbonyl (C=O) groups excluding carboxylic acids is 4. The van der Waals surface area contributed by atoms with Gasteiger partial charge in [0.1, 0.15) is 25.1 Å². The number of hydrogen-bond acceptors (Lipinski definition) is 11. The van der Waals surface area contributed by atoms with Crippen molar-refractivity contribution in [2.75, 3.05) is 13.7 Å². The molecular weight excluding hydrogens is 548 g/mol. The summed E-state index contributed by atoms with van der Waals surface area (Å²) in [5.41, 5.74) is 0.843. The smallest absolute Gasteiger partial charge is 0.303 e. The first-order chi connectivity index (χ1) is 19.0. The van der Waals surface area contributed by atoms with Gasteiger partial charge in [0.25, 0.3) is 0 Å². The van der Waals surface area contributed by atoms with Crippen LogP contribution in [-0.4, -0.2) is 62.0 Å². The van der Waals surface area contributed by atoms with Gasteiger partial charge in [-0.2, -0.15) is 0 Å². The Kier molecular flexibility index (Phi) is 10.5. The van der Waals surface area contributed by atoms with Gasteiger partial charge in [-0.25, -0.2) is 0 Å². The molecule has 11 nitrogen and oxygen atoms in total. The Morgan fingerprint density at radius 2 is 1.48 bits per heavy atom. The van der Waals surface area contributed by atoms with E-state index in [1.54, 1.807) is 30.3 Å². The number of hydrogen-bond donors (Lipinski definition) is 0. The summed E-state index contributed by atoms with van der Waals surface area (Å²) in [6.45, 7) is 4.29. The van der Waals surface area contributed by atoms with Gasteiger partial charge in [-0.15, -0.1) is 0 Å². The first-order valence-corrected chi connectivity index (χ1v) is 12.7. The SMILES string of the molecule is CO[C@@]1(c2ccc(Cl)c(COc3ccccc3)c2)OC(COC(C)=O)C(OC(C)=O)C(OC(C)=O)C1OC(C)=O. The maximum atomic E-state index is 12.3. The van der Waals surface area contributed by atoms with Crippen molar-refractivity contribution in [3.05, 3.63) is 64.7 Å². The number of para-hydroxylation sites is 1. The molecular formula is C28H31ClO11. The van der Waals surface area contributed by atoms with Gasteiger partial charge in [0.15, 0.2) is 12.2 Å². The highest BCUT2D eigenvalue weighted by molar-refractivity contribution is 6.31. The van der Waals surface area contributed by atoms with Gasteiger partial charge >= 0.3 is 23.9 Å². The third-order valence-electron chi connectivity index (χ3n) is 5.93. The minimum atomic E-state index is -1.93. The number of benzene rings is 2. The van der Waals surface area contributed by atoms with Crippen LogP contribution in [0.1, 0.15) is 38.8 Å². The maximum Gasteiger partial charge on any atom is 0.303 e. The second-order valence-corrected chi connectivity index (χ2v) is 9.32. The average molecular weight is 579 g/mol. The van der Waals surface area contributed by atoms with E-state index in [4.69, 9.17) is 44.8 Å². The zero-order valence-electron chi connectivity index (χ0n) is 22.7. The van der Waals surface area contributed by atoms with Crippen LogP contribution in [0.2, 0.25) is 5.02 Å². The molecule has 1 heterocycles. The second kappa shape index (κ2) is 13.6. The lowest BCUT2D eigenvalue weighted by Gasteiger charge is -2.50. The van der Waals surface area contributed by atoms with Gasteiger partial charge in [0, 0.05) is 51.0 Å². The zero-order chi connectivity index (χ0) is 29.4. The number of carbonyl (C=O) groups is 4. The van der Waals surface area contributed by atoms with E-state index in [0.29, 0.717) is 21.9 Å². The highest BCUT2D eigenvalue weighted by Crippen LogP contribution is 2.44. The van der Waals surface area contributed by atoms with Crippen molar-refractivity contribution >= 4 is 35.5 Å². The fourth-order valence-electron chi connectivity index (χ4n) is 4.36. The first-order valence-electron chi connectivity index (χ1n) is 12.3. The molecule has 0 aliphatic carbocycles. The quantitative estimate of drug-likeness (QED) is 0.303. The molecule has 0 saturated carbocycles. The van der Waals surface area contributed by atoms with Crippen molar-refractivity contribution in [3.63, 3.8) is 0 Å². The Balaban J connectivity index is 2.14. The Morgan fingerprint density at radius 1 is 0.850 bits per heavy atom. The average Bonchev–Trinajstić information content (AvgIpc) is 2.89. The van der Waals surface area contributed by atoms with Gasteiger partial charge in [0.2, 0.25) is 11.9 Å². The van der Waals surface area contributed by atoms with Crippen LogP contribution in [0.3, 0.4) is 0 Å². The van der Waals surface area contributed by atoms with E-state index in [1.165, 1.54) is 14.0 Å². The molecule has 4 unspecified atom stereocenters. The lowest BCUT2D eigenvalue weighted by atomic mass is 9.86. The Bertz CT molecular complexity index is 1220. The summed E-state index contributed by atoms with van der Waals surface area (Å²) in [6, 6.07) is 13.9. The summed E-state index contributed by atoms with van der Waals surface area (Å²) in [7, 11) is 1.30. The number of halogens is 1. The topological polar surface area (TPSA) is 133 Å². The van der Waals surface area contributed by atoms with Crippen molar-refractivity contribution in [2.24, 2.45) is 0 Å². The molecule has 0 radical (unpaired) electrons. The van der Waals surface area contributed by atoms with Crippen LogP contribution in [0.4, 0.5) is 0 Å². The van der Waals surface area contributed by atoms with Crippen LogP contribution in [0.25, 0.3) is 0 Å². The fourth-order valence-corrected chi connectivity index (χ4v) is 4.53. The molecule has 1 aliphatic heterocycles. The van der Waals surface area contributed by atoms with E-state index >= 15 is 0 Å². The molecule has 0 N–H and O–H groups in total. The lowest BCUT2D eigenvalue weighted by Crippen LogP contribution is -2.67. The molecule has 0 aromatic heterocycles. The Morgan fingerprint density at radius 3 is 2.05 bits per heavy atom. The van der Waals surface area contributed by atoms with Crippen molar-refractivity contribution in [2.45, 2.75) is 64.5 Å². The monoisotopic (exact) mass is 578 g/mol. The minimum absolute atomic E-state index is 0.0645. The highest BCUT2D eigenvalue weighted by atomic mass is 35.5. The molecule has 216 valence electrons. The highest BCUT2D eigenvalue weighted by Gasteiger charge is 2.61. The normalized spacial score (nSPS) is 23.9. The van der Waals surface area contributed by atoms with Gasteiger partial charge < -0.3 is 33.2 Å². The summed E-state index contributed by atoms with van der Waals surface area (Å²) >= 11 is 6.47. The summed E-state index contributed by atoms with van der Waals surface area (Å²) in [5.74, 6) is -4.21. The van der Waals surface area contributed by atoms with Gasteiger partial charge in [-0.05, 0) is 24.3 Å².